The maximum atomic E-state index is 13.2. The molecular weight excluding hydrogens is 213 g/mol. The Balaban J connectivity index is 2.60. The molecule has 84 valence electrons. The average Bonchev–Trinajstić information content (AvgIpc) is 2.67. The van der Waals surface area contributed by atoms with Crippen LogP contribution in [-0.4, -0.2) is 22.4 Å². The molecule has 0 aliphatic carbocycles. The van der Waals surface area contributed by atoms with Gasteiger partial charge in [-0.05, 0) is 6.07 Å². The van der Waals surface area contributed by atoms with Gasteiger partial charge in [-0.15, -0.1) is 0 Å². The molecule has 0 aliphatic heterocycles. The van der Waals surface area contributed by atoms with E-state index in [9.17, 15) is 9.50 Å². The second-order valence-electron chi connectivity index (χ2n) is 3.21. The maximum Gasteiger partial charge on any atom is 0.167 e. The number of hydrogen-bond acceptors (Lipinski definition) is 4. The fourth-order valence-corrected chi connectivity index (χ4v) is 1.41. The van der Waals surface area contributed by atoms with Crippen LogP contribution in [0.3, 0.4) is 0 Å². The van der Waals surface area contributed by atoms with E-state index in [1.54, 1.807) is 0 Å². The highest BCUT2D eigenvalue weighted by molar-refractivity contribution is 5.72. The van der Waals surface area contributed by atoms with E-state index in [0.29, 0.717) is 5.69 Å². The minimum atomic E-state index is -0.516. The molecule has 1 aromatic heterocycles. The number of methoxy groups -OCH3 is 1. The smallest absolute Gasteiger partial charge is 0.167 e. The first-order chi connectivity index (χ1) is 7.61. The van der Waals surface area contributed by atoms with E-state index in [-0.39, 0.29) is 22.9 Å². The van der Waals surface area contributed by atoms with Crippen LogP contribution >= 0.6 is 0 Å². The van der Waals surface area contributed by atoms with E-state index >= 15 is 0 Å². The predicted molar refractivity (Wildman–Crippen MR) is 56.6 cm³/mol. The molecular formula is C10H10FN3O2. The van der Waals surface area contributed by atoms with Crippen LogP contribution < -0.4 is 10.5 Å². The summed E-state index contributed by atoms with van der Waals surface area (Å²) in [6, 6.07) is 3.76. The van der Waals surface area contributed by atoms with Gasteiger partial charge >= 0.3 is 0 Å². The van der Waals surface area contributed by atoms with Gasteiger partial charge in [0.25, 0.3) is 0 Å². The number of hydrogen-bond donors (Lipinski definition) is 3. The Bertz CT molecular complexity index is 525. The SMILES string of the molecule is COc1cc(F)cc(-c2cc(N)n[nH]2)c1O. The molecule has 6 heteroatoms. The topological polar surface area (TPSA) is 84.2 Å². The number of phenolic OH excluding ortho intramolecular Hbond substituents is 1. The normalized spacial score (nSPS) is 10.4. The van der Waals surface area contributed by atoms with E-state index in [2.05, 4.69) is 10.2 Å². The quantitative estimate of drug-likeness (QED) is 0.720. The van der Waals surface area contributed by atoms with Crippen molar-refractivity contribution in [2.24, 2.45) is 0 Å². The summed E-state index contributed by atoms with van der Waals surface area (Å²) in [7, 11) is 1.35. The second kappa shape index (κ2) is 3.73. The van der Waals surface area contributed by atoms with E-state index in [1.165, 1.54) is 19.2 Å². The number of rotatable bonds is 2. The number of phenols is 1. The molecule has 2 rings (SSSR count). The Morgan fingerprint density at radius 2 is 2.19 bits per heavy atom. The third-order valence-corrected chi connectivity index (χ3v) is 2.15. The van der Waals surface area contributed by atoms with Crippen molar-refractivity contribution in [1.29, 1.82) is 0 Å². The molecule has 5 nitrogen and oxygen atoms in total. The molecule has 16 heavy (non-hydrogen) atoms. The summed E-state index contributed by atoms with van der Waals surface area (Å²) in [6.07, 6.45) is 0. The van der Waals surface area contributed by atoms with Gasteiger partial charge in [-0.3, -0.25) is 5.10 Å². The number of ether oxygens (including phenoxy) is 1. The average molecular weight is 223 g/mol. The monoisotopic (exact) mass is 223 g/mol. The zero-order valence-corrected chi connectivity index (χ0v) is 8.49. The van der Waals surface area contributed by atoms with Crippen molar-refractivity contribution in [3.8, 4) is 22.8 Å². The minimum absolute atomic E-state index is 0.0585. The highest BCUT2D eigenvalue weighted by Gasteiger charge is 2.14. The number of nitrogens with two attached hydrogens (primary N) is 1. The number of anilines is 1. The summed E-state index contributed by atoms with van der Waals surface area (Å²) in [5.74, 6) is -0.355. The van der Waals surface area contributed by atoms with Crippen LogP contribution in [0.25, 0.3) is 11.3 Å². The molecule has 0 atom stereocenters. The summed E-state index contributed by atoms with van der Waals surface area (Å²) in [5, 5.41) is 16.1. The molecule has 2 aromatic rings. The van der Waals surface area contributed by atoms with Gasteiger partial charge in [-0.25, -0.2) is 4.39 Å². The summed E-state index contributed by atoms with van der Waals surface area (Å²) >= 11 is 0. The largest absolute Gasteiger partial charge is 0.504 e. The summed E-state index contributed by atoms with van der Waals surface area (Å²) < 4.78 is 18.1. The van der Waals surface area contributed by atoms with Crippen molar-refractivity contribution in [3.63, 3.8) is 0 Å². The first-order valence-electron chi connectivity index (χ1n) is 4.49. The Morgan fingerprint density at radius 1 is 1.44 bits per heavy atom. The van der Waals surface area contributed by atoms with Gasteiger partial charge in [0.05, 0.1) is 12.8 Å². The standard InChI is InChI=1S/C10H10FN3O2/c1-16-8-3-5(11)2-6(10(8)15)7-4-9(12)14-13-7/h2-4,15H,1H3,(H3,12,13,14). The minimum Gasteiger partial charge on any atom is -0.504 e. The van der Waals surface area contributed by atoms with Crippen LogP contribution in [-0.2, 0) is 0 Å². The van der Waals surface area contributed by atoms with Crippen molar-refractivity contribution in [3.05, 3.63) is 24.0 Å². The van der Waals surface area contributed by atoms with Gasteiger partial charge in [0.2, 0.25) is 0 Å². The second-order valence-corrected chi connectivity index (χ2v) is 3.21. The zero-order valence-electron chi connectivity index (χ0n) is 8.49. The number of nitrogens with one attached hydrogen (secondary N) is 1. The Morgan fingerprint density at radius 3 is 2.75 bits per heavy atom. The molecule has 0 bridgehead atoms. The number of nitrogen functional groups attached to an aromatic ring is 1. The van der Waals surface area contributed by atoms with Crippen LogP contribution in [0.5, 0.6) is 11.5 Å². The number of H-pyrrole nitrogens is 1. The molecule has 0 unspecified atom stereocenters. The molecule has 0 radical (unpaired) electrons. The molecule has 0 fully saturated rings. The summed E-state index contributed by atoms with van der Waals surface area (Å²) in [5.41, 5.74) is 6.10. The Kier molecular flexibility index (Phi) is 2.40. The third kappa shape index (κ3) is 1.65. The lowest BCUT2D eigenvalue weighted by atomic mass is 10.1. The first kappa shape index (κ1) is 10.3. The molecule has 0 amide bonds. The van der Waals surface area contributed by atoms with Crippen molar-refractivity contribution >= 4 is 5.82 Å². The highest BCUT2D eigenvalue weighted by Crippen LogP contribution is 2.37. The first-order valence-corrected chi connectivity index (χ1v) is 4.49. The molecule has 0 saturated carbocycles. The number of aromatic amines is 1. The van der Waals surface area contributed by atoms with E-state index < -0.39 is 5.82 Å². The zero-order chi connectivity index (χ0) is 11.7. The van der Waals surface area contributed by atoms with Gasteiger partial charge < -0.3 is 15.6 Å². The molecule has 4 N–H and O–H groups in total. The van der Waals surface area contributed by atoms with Crippen molar-refractivity contribution in [2.45, 2.75) is 0 Å². The van der Waals surface area contributed by atoms with Crippen molar-refractivity contribution in [2.75, 3.05) is 12.8 Å². The number of aromatic nitrogens is 2. The molecule has 0 aliphatic rings. The van der Waals surface area contributed by atoms with Gasteiger partial charge in [-0.1, -0.05) is 0 Å². The van der Waals surface area contributed by atoms with Crippen LogP contribution in [0.15, 0.2) is 18.2 Å². The fraction of sp³-hybridized carbons (Fsp3) is 0.100. The van der Waals surface area contributed by atoms with Gasteiger partial charge in [-0.2, -0.15) is 5.10 Å². The summed E-state index contributed by atoms with van der Waals surface area (Å²) in [6.45, 7) is 0. The Labute approximate surface area is 90.7 Å². The number of aromatic hydroxyl groups is 1. The van der Waals surface area contributed by atoms with Crippen LogP contribution in [0.4, 0.5) is 10.2 Å². The van der Waals surface area contributed by atoms with Crippen LogP contribution in [0, 0.1) is 5.82 Å². The van der Waals surface area contributed by atoms with Crippen LogP contribution in [0.2, 0.25) is 0 Å². The van der Waals surface area contributed by atoms with E-state index in [4.69, 9.17) is 10.5 Å². The Hall–Kier alpha value is -2.24. The maximum absolute atomic E-state index is 13.2. The molecule has 1 aromatic carbocycles. The van der Waals surface area contributed by atoms with E-state index in [0.717, 1.165) is 6.07 Å². The number of benzene rings is 1. The molecule has 0 saturated heterocycles. The number of halogens is 1. The van der Waals surface area contributed by atoms with Gasteiger partial charge in [0.15, 0.2) is 11.5 Å². The van der Waals surface area contributed by atoms with Gasteiger partial charge in [0.1, 0.15) is 11.6 Å². The lowest BCUT2D eigenvalue weighted by molar-refractivity contribution is 0.371. The lowest BCUT2D eigenvalue weighted by Gasteiger charge is -2.07. The van der Waals surface area contributed by atoms with Crippen molar-refractivity contribution in [1.82, 2.24) is 10.2 Å². The fourth-order valence-electron chi connectivity index (χ4n) is 1.41. The molecule has 0 spiro atoms. The molecule has 1 heterocycles. The van der Waals surface area contributed by atoms with Crippen LogP contribution in [0.1, 0.15) is 0 Å². The lowest BCUT2D eigenvalue weighted by Crippen LogP contribution is -1.89. The highest BCUT2D eigenvalue weighted by atomic mass is 19.1. The third-order valence-electron chi connectivity index (χ3n) is 2.15. The predicted octanol–water partition coefficient (Wildman–Crippen LogP) is 1.51. The van der Waals surface area contributed by atoms with E-state index in [1.807, 2.05) is 0 Å². The summed E-state index contributed by atoms with van der Waals surface area (Å²) in [4.78, 5) is 0. The van der Waals surface area contributed by atoms with Gasteiger partial charge in [0, 0.05) is 17.7 Å². The van der Waals surface area contributed by atoms with Crippen molar-refractivity contribution < 1.29 is 14.2 Å². The number of nitrogens with zero attached hydrogens (tertiary/aromatic N) is 1.